The minimum absolute atomic E-state index is 0.216. The van der Waals surface area contributed by atoms with E-state index >= 15 is 0 Å². The lowest BCUT2D eigenvalue weighted by Gasteiger charge is -2.34. The maximum Gasteiger partial charge on any atom is 0.303 e. The number of thioether (sulfide) groups is 1. The molecule has 0 aromatic rings. The van der Waals surface area contributed by atoms with Crippen LogP contribution in [0.4, 0.5) is 0 Å². The number of aliphatic carboxylic acids is 1. The molecule has 2 unspecified atom stereocenters. The number of piperidine rings is 1. The fourth-order valence-corrected chi connectivity index (χ4v) is 3.89. The van der Waals surface area contributed by atoms with Crippen LogP contribution in [0.1, 0.15) is 32.1 Å². The van der Waals surface area contributed by atoms with Gasteiger partial charge < -0.3 is 15.3 Å². The Balaban J connectivity index is 1.75. The number of carbonyl (C=O) groups is 2. The van der Waals surface area contributed by atoms with E-state index in [2.05, 4.69) is 5.32 Å². The molecule has 2 rings (SSSR count). The minimum atomic E-state index is -0.739. The van der Waals surface area contributed by atoms with Crippen LogP contribution in [0, 0.1) is 5.92 Å². The number of nitrogens with one attached hydrogen (secondary N) is 1. The van der Waals surface area contributed by atoms with Crippen molar-refractivity contribution in [3.8, 4) is 0 Å². The van der Waals surface area contributed by atoms with E-state index in [0.29, 0.717) is 24.8 Å². The van der Waals surface area contributed by atoms with Gasteiger partial charge in [0.05, 0.1) is 0 Å². The molecule has 0 radical (unpaired) electrons. The molecule has 2 saturated heterocycles. The zero-order chi connectivity index (χ0) is 14.4. The van der Waals surface area contributed by atoms with Crippen LogP contribution in [-0.4, -0.2) is 59.1 Å². The number of hydrogen-bond donors (Lipinski definition) is 2. The van der Waals surface area contributed by atoms with Gasteiger partial charge in [0.15, 0.2) is 0 Å². The number of rotatable bonds is 5. The van der Waals surface area contributed by atoms with Crippen molar-refractivity contribution in [2.45, 2.75) is 38.1 Å². The average Bonchev–Trinajstić information content (AvgIpc) is 2.46. The largest absolute Gasteiger partial charge is 0.481 e. The summed E-state index contributed by atoms with van der Waals surface area (Å²) in [4.78, 5) is 24.9. The highest BCUT2D eigenvalue weighted by molar-refractivity contribution is 7.99. The van der Waals surface area contributed by atoms with Crippen molar-refractivity contribution in [3.05, 3.63) is 0 Å². The second-order valence-electron chi connectivity index (χ2n) is 5.71. The Morgan fingerprint density at radius 1 is 1.40 bits per heavy atom. The zero-order valence-corrected chi connectivity index (χ0v) is 12.7. The smallest absolute Gasteiger partial charge is 0.303 e. The average molecular weight is 300 g/mol. The lowest BCUT2D eigenvalue weighted by molar-refractivity contribution is -0.137. The fourth-order valence-electron chi connectivity index (χ4n) is 2.95. The summed E-state index contributed by atoms with van der Waals surface area (Å²) in [6.45, 7) is 2.57. The number of carboxylic acids is 1. The standard InChI is InChI=1S/C14H24N2O3S/c17-13(8-12-10-20-7-5-15-12)16-6-1-2-11(9-16)3-4-14(18)19/h11-12,15H,1-10H2,(H,18,19). The van der Waals surface area contributed by atoms with Crippen LogP contribution < -0.4 is 5.32 Å². The number of carboxylic acid groups (broad SMARTS) is 1. The molecular formula is C14H24N2O3S. The molecule has 2 aliphatic rings. The third-order valence-corrected chi connectivity index (χ3v) is 5.19. The minimum Gasteiger partial charge on any atom is -0.481 e. The van der Waals surface area contributed by atoms with Crippen molar-refractivity contribution in [2.24, 2.45) is 5.92 Å². The Labute approximate surface area is 124 Å². The summed E-state index contributed by atoms with van der Waals surface area (Å²) in [5.74, 6) is 1.99. The highest BCUT2D eigenvalue weighted by Gasteiger charge is 2.26. The van der Waals surface area contributed by atoms with Crippen LogP contribution >= 0.6 is 11.8 Å². The van der Waals surface area contributed by atoms with Crippen molar-refractivity contribution in [1.82, 2.24) is 10.2 Å². The SMILES string of the molecule is O=C(O)CCC1CCCN(C(=O)CC2CSCCN2)C1. The van der Waals surface area contributed by atoms with E-state index in [1.807, 2.05) is 16.7 Å². The molecule has 114 valence electrons. The van der Waals surface area contributed by atoms with E-state index in [1.165, 1.54) is 0 Å². The Morgan fingerprint density at radius 3 is 2.95 bits per heavy atom. The third kappa shape index (κ3) is 4.98. The molecule has 2 atom stereocenters. The van der Waals surface area contributed by atoms with E-state index in [9.17, 15) is 9.59 Å². The van der Waals surface area contributed by atoms with Gasteiger partial charge in [0, 0.05) is 50.0 Å². The molecule has 0 aromatic heterocycles. The second-order valence-corrected chi connectivity index (χ2v) is 6.86. The molecule has 0 bridgehead atoms. The van der Waals surface area contributed by atoms with Crippen molar-refractivity contribution in [1.29, 1.82) is 0 Å². The van der Waals surface area contributed by atoms with Gasteiger partial charge in [-0.15, -0.1) is 0 Å². The van der Waals surface area contributed by atoms with Gasteiger partial charge in [-0.3, -0.25) is 9.59 Å². The molecule has 5 nitrogen and oxygen atoms in total. The Hall–Kier alpha value is -0.750. The maximum absolute atomic E-state index is 12.3. The first kappa shape index (κ1) is 15.6. The van der Waals surface area contributed by atoms with Gasteiger partial charge in [0.2, 0.25) is 5.91 Å². The van der Waals surface area contributed by atoms with Gasteiger partial charge >= 0.3 is 5.97 Å². The number of amides is 1. The van der Waals surface area contributed by atoms with Gasteiger partial charge in [-0.1, -0.05) is 0 Å². The van der Waals surface area contributed by atoms with Crippen LogP contribution in [0.5, 0.6) is 0 Å². The summed E-state index contributed by atoms with van der Waals surface area (Å²) in [5.41, 5.74) is 0. The molecule has 1 amide bonds. The van der Waals surface area contributed by atoms with Gasteiger partial charge in [0.25, 0.3) is 0 Å². The predicted octanol–water partition coefficient (Wildman–Crippen LogP) is 1.18. The van der Waals surface area contributed by atoms with Crippen molar-refractivity contribution in [3.63, 3.8) is 0 Å². The molecule has 0 aromatic carbocycles. The molecule has 20 heavy (non-hydrogen) atoms. The van der Waals surface area contributed by atoms with Gasteiger partial charge in [-0.2, -0.15) is 11.8 Å². The van der Waals surface area contributed by atoms with Crippen LogP contribution in [0.25, 0.3) is 0 Å². The molecule has 0 saturated carbocycles. The Morgan fingerprint density at radius 2 is 2.25 bits per heavy atom. The molecule has 2 N–H and O–H groups in total. The lowest BCUT2D eigenvalue weighted by atomic mass is 9.93. The number of nitrogens with zero attached hydrogens (tertiary/aromatic N) is 1. The normalized spacial score (nSPS) is 27.3. The molecular weight excluding hydrogens is 276 g/mol. The summed E-state index contributed by atoms with van der Waals surface area (Å²) < 4.78 is 0. The second kappa shape index (κ2) is 7.88. The molecule has 2 aliphatic heterocycles. The third-order valence-electron chi connectivity index (χ3n) is 4.06. The summed E-state index contributed by atoms with van der Waals surface area (Å²) >= 11 is 1.91. The van der Waals surface area contributed by atoms with E-state index in [1.54, 1.807) is 0 Å². The first-order valence-electron chi connectivity index (χ1n) is 7.46. The monoisotopic (exact) mass is 300 g/mol. The van der Waals surface area contributed by atoms with Crippen molar-refractivity contribution >= 4 is 23.6 Å². The highest BCUT2D eigenvalue weighted by atomic mass is 32.2. The molecule has 2 heterocycles. The molecule has 0 aliphatic carbocycles. The number of hydrogen-bond acceptors (Lipinski definition) is 4. The van der Waals surface area contributed by atoms with Crippen molar-refractivity contribution < 1.29 is 14.7 Å². The molecule has 6 heteroatoms. The van der Waals surface area contributed by atoms with Gasteiger partial charge in [-0.05, 0) is 25.2 Å². The fraction of sp³-hybridized carbons (Fsp3) is 0.857. The summed E-state index contributed by atoms with van der Waals surface area (Å²) in [6.07, 6.45) is 3.54. The Bertz CT molecular complexity index is 345. The first-order chi connectivity index (χ1) is 9.65. The topological polar surface area (TPSA) is 69.6 Å². The van der Waals surface area contributed by atoms with Crippen LogP contribution in [0.3, 0.4) is 0 Å². The number of carbonyl (C=O) groups excluding carboxylic acids is 1. The van der Waals surface area contributed by atoms with E-state index in [-0.39, 0.29) is 12.3 Å². The van der Waals surface area contributed by atoms with E-state index in [4.69, 9.17) is 5.11 Å². The summed E-state index contributed by atoms with van der Waals surface area (Å²) in [5, 5.41) is 12.1. The molecule has 0 spiro atoms. The molecule has 2 fully saturated rings. The first-order valence-corrected chi connectivity index (χ1v) is 8.61. The van der Waals surface area contributed by atoms with Crippen LogP contribution in [0.2, 0.25) is 0 Å². The Kier molecular flexibility index (Phi) is 6.16. The van der Waals surface area contributed by atoms with Gasteiger partial charge in [-0.25, -0.2) is 0 Å². The highest BCUT2D eigenvalue weighted by Crippen LogP contribution is 2.22. The van der Waals surface area contributed by atoms with Crippen LogP contribution in [0.15, 0.2) is 0 Å². The van der Waals surface area contributed by atoms with Crippen molar-refractivity contribution in [2.75, 3.05) is 31.1 Å². The number of likely N-dealkylation sites (tertiary alicyclic amines) is 1. The lowest BCUT2D eigenvalue weighted by Crippen LogP contribution is -2.45. The van der Waals surface area contributed by atoms with Crippen LogP contribution in [-0.2, 0) is 9.59 Å². The zero-order valence-electron chi connectivity index (χ0n) is 11.8. The predicted molar refractivity (Wildman–Crippen MR) is 79.9 cm³/mol. The van der Waals surface area contributed by atoms with Gasteiger partial charge in [0.1, 0.15) is 0 Å². The summed E-state index contributed by atoms with van der Waals surface area (Å²) in [7, 11) is 0. The maximum atomic E-state index is 12.3. The van der Waals surface area contributed by atoms with E-state index in [0.717, 1.165) is 44.0 Å². The quantitative estimate of drug-likeness (QED) is 0.798. The van der Waals surface area contributed by atoms with E-state index < -0.39 is 5.97 Å². The summed E-state index contributed by atoms with van der Waals surface area (Å²) in [6, 6.07) is 0.306.